The Morgan fingerprint density at radius 1 is 0.931 bits per heavy atom. The molecule has 0 spiro atoms. The van der Waals surface area contributed by atoms with Gasteiger partial charge >= 0.3 is 0 Å². The predicted molar refractivity (Wildman–Crippen MR) is 124 cm³/mol. The zero-order valence-electron chi connectivity index (χ0n) is 17.2. The van der Waals surface area contributed by atoms with E-state index in [1.165, 1.54) is 16.7 Å². The van der Waals surface area contributed by atoms with Crippen LogP contribution in [-0.2, 0) is 11.2 Å². The summed E-state index contributed by atoms with van der Waals surface area (Å²) in [6.07, 6.45) is 0. The molecule has 2 aromatic heterocycles. The second-order valence-electron chi connectivity index (χ2n) is 8.19. The molecule has 0 aliphatic rings. The lowest BCUT2D eigenvalue weighted by molar-refractivity contribution is 0.590. The molecule has 0 aliphatic carbocycles. The van der Waals surface area contributed by atoms with Crippen molar-refractivity contribution in [1.82, 2.24) is 14.8 Å². The minimum absolute atomic E-state index is 0.174. The summed E-state index contributed by atoms with van der Waals surface area (Å²) in [6.45, 7) is 8.83. The summed E-state index contributed by atoms with van der Waals surface area (Å²) in [6, 6.07) is 21.6. The third kappa shape index (κ3) is 4.46. The highest BCUT2D eigenvalue weighted by Gasteiger charge is 2.17. The largest absolute Gasteiger partial charge is 0.269 e. The van der Waals surface area contributed by atoms with E-state index in [1.807, 2.05) is 0 Å². The number of thioether (sulfide) groups is 1. The van der Waals surface area contributed by atoms with E-state index in [0.717, 1.165) is 27.3 Å². The first-order chi connectivity index (χ1) is 13.9. The Morgan fingerprint density at radius 2 is 1.66 bits per heavy atom. The van der Waals surface area contributed by atoms with E-state index in [4.69, 9.17) is 0 Å². The number of hydrogen-bond donors (Lipinski definition) is 0. The normalized spacial score (nSPS) is 11.7. The summed E-state index contributed by atoms with van der Waals surface area (Å²) >= 11 is 3.41. The fourth-order valence-electron chi connectivity index (χ4n) is 3.10. The summed E-state index contributed by atoms with van der Waals surface area (Å²) < 4.78 is 2.17. The minimum Gasteiger partial charge on any atom is -0.269 e. The van der Waals surface area contributed by atoms with Crippen LogP contribution in [0.3, 0.4) is 0 Å². The molecule has 0 amide bonds. The average molecular weight is 420 g/mol. The van der Waals surface area contributed by atoms with Crippen LogP contribution in [0.1, 0.15) is 37.5 Å². The van der Waals surface area contributed by atoms with E-state index in [-0.39, 0.29) is 5.41 Å². The number of hydrogen-bond acceptors (Lipinski definition) is 4. The molecule has 0 bridgehead atoms. The van der Waals surface area contributed by atoms with Crippen LogP contribution >= 0.6 is 23.1 Å². The van der Waals surface area contributed by atoms with Crippen LogP contribution < -0.4 is 0 Å². The van der Waals surface area contributed by atoms with E-state index in [2.05, 4.69) is 109 Å². The Bertz CT molecular complexity index is 1070. The molecule has 0 atom stereocenters. The Morgan fingerprint density at radius 3 is 2.28 bits per heavy atom. The van der Waals surface area contributed by atoms with E-state index in [1.54, 1.807) is 23.1 Å². The molecule has 5 heteroatoms. The molecule has 148 valence electrons. The molecule has 2 heterocycles. The monoisotopic (exact) mass is 419 g/mol. The number of benzene rings is 2. The van der Waals surface area contributed by atoms with Crippen molar-refractivity contribution in [2.45, 2.75) is 44.0 Å². The molecule has 0 unspecified atom stereocenters. The summed E-state index contributed by atoms with van der Waals surface area (Å²) in [5.41, 5.74) is 5.16. The van der Waals surface area contributed by atoms with Gasteiger partial charge in [-0.25, -0.2) is 0 Å². The van der Waals surface area contributed by atoms with Crippen LogP contribution in [0.5, 0.6) is 0 Å². The van der Waals surface area contributed by atoms with Crippen molar-refractivity contribution in [3.8, 4) is 16.4 Å². The minimum atomic E-state index is 0.174. The lowest BCUT2D eigenvalue weighted by Gasteiger charge is -2.19. The van der Waals surface area contributed by atoms with Gasteiger partial charge in [0.2, 0.25) is 0 Å². The molecule has 0 saturated heterocycles. The highest BCUT2D eigenvalue weighted by Crippen LogP contribution is 2.32. The van der Waals surface area contributed by atoms with Crippen LogP contribution in [-0.4, -0.2) is 14.8 Å². The van der Waals surface area contributed by atoms with Gasteiger partial charge in [-0.05, 0) is 47.0 Å². The smallest absolute Gasteiger partial charge is 0.196 e. The molecule has 3 nitrogen and oxygen atoms in total. The van der Waals surface area contributed by atoms with Crippen molar-refractivity contribution in [3.05, 3.63) is 82.7 Å². The Kier molecular flexibility index (Phi) is 5.61. The van der Waals surface area contributed by atoms with Gasteiger partial charge < -0.3 is 0 Å². The molecule has 2 aromatic carbocycles. The van der Waals surface area contributed by atoms with Crippen LogP contribution in [0, 0.1) is 6.92 Å². The molecule has 29 heavy (non-hydrogen) atoms. The van der Waals surface area contributed by atoms with E-state index in [0.29, 0.717) is 0 Å². The Labute approximate surface area is 180 Å². The van der Waals surface area contributed by atoms with Crippen LogP contribution in [0.25, 0.3) is 16.4 Å². The lowest BCUT2D eigenvalue weighted by atomic mass is 9.87. The summed E-state index contributed by atoms with van der Waals surface area (Å²) in [7, 11) is 0. The van der Waals surface area contributed by atoms with Gasteiger partial charge in [0.1, 0.15) is 0 Å². The van der Waals surface area contributed by atoms with Crippen LogP contribution in [0.15, 0.2) is 71.2 Å². The zero-order valence-corrected chi connectivity index (χ0v) is 18.8. The third-order valence-corrected chi connectivity index (χ3v) is 6.72. The van der Waals surface area contributed by atoms with Crippen molar-refractivity contribution < 1.29 is 0 Å². The SMILES string of the molecule is Cc1ccc(-n2c(SCc3ccc(C(C)(C)C)cc3)nnc2-c2cccs2)cc1. The van der Waals surface area contributed by atoms with Gasteiger partial charge in [-0.15, -0.1) is 21.5 Å². The van der Waals surface area contributed by atoms with Crippen molar-refractivity contribution in [2.24, 2.45) is 0 Å². The van der Waals surface area contributed by atoms with Gasteiger partial charge in [0.05, 0.1) is 4.88 Å². The fourth-order valence-corrected chi connectivity index (χ4v) is 4.71. The van der Waals surface area contributed by atoms with E-state index < -0.39 is 0 Å². The molecule has 0 saturated carbocycles. The standard InChI is InChI=1S/C24H25N3S2/c1-17-7-13-20(14-8-17)27-22(21-6-5-15-28-21)25-26-23(27)29-16-18-9-11-19(12-10-18)24(2,3)4/h5-15H,16H2,1-4H3. The van der Waals surface area contributed by atoms with Gasteiger partial charge in [0.15, 0.2) is 11.0 Å². The topological polar surface area (TPSA) is 30.7 Å². The first-order valence-electron chi connectivity index (χ1n) is 9.70. The first-order valence-corrected chi connectivity index (χ1v) is 11.6. The lowest BCUT2D eigenvalue weighted by Crippen LogP contribution is -2.10. The molecule has 0 aliphatic heterocycles. The highest BCUT2D eigenvalue weighted by molar-refractivity contribution is 7.98. The highest BCUT2D eigenvalue weighted by atomic mass is 32.2. The van der Waals surface area contributed by atoms with E-state index in [9.17, 15) is 0 Å². The zero-order chi connectivity index (χ0) is 20.4. The third-order valence-electron chi connectivity index (χ3n) is 4.85. The molecule has 0 fully saturated rings. The maximum Gasteiger partial charge on any atom is 0.196 e. The summed E-state index contributed by atoms with van der Waals surface area (Å²) in [4.78, 5) is 1.12. The average Bonchev–Trinajstić information content (AvgIpc) is 3.36. The van der Waals surface area contributed by atoms with Crippen molar-refractivity contribution >= 4 is 23.1 Å². The van der Waals surface area contributed by atoms with Gasteiger partial charge in [0, 0.05) is 11.4 Å². The van der Waals surface area contributed by atoms with Gasteiger partial charge in [-0.3, -0.25) is 4.57 Å². The van der Waals surface area contributed by atoms with Crippen molar-refractivity contribution in [1.29, 1.82) is 0 Å². The number of aryl methyl sites for hydroxylation is 1. The van der Waals surface area contributed by atoms with Crippen molar-refractivity contribution in [3.63, 3.8) is 0 Å². The summed E-state index contributed by atoms with van der Waals surface area (Å²) in [5.74, 6) is 1.76. The fraction of sp³-hybridized carbons (Fsp3) is 0.250. The quantitative estimate of drug-likeness (QED) is 0.330. The molecule has 4 aromatic rings. The van der Waals surface area contributed by atoms with Crippen LogP contribution in [0.2, 0.25) is 0 Å². The number of rotatable bonds is 5. The van der Waals surface area contributed by atoms with E-state index >= 15 is 0 Å². The Balaban J connectivity index is 1.63. The van der Waals surface area contributed by atoms with Crippen molar-refractivity contribution in [2.75, 3.05) is 0 Å². The van der Waals surface area contributed by atoms with Gasteiger partial charge in [-0.2, -0.15) is 0 Å². The Hall–Kier alpha value is -2.37. The summed E-state index contributed by atoms with van der Waals surface area (Å²) in [5, 5.41) is 12.0. The second-order valence-corrected chi connectivity index (χ2v) is 10.1. The van der Waals surface area contributed by atoms with Crippen LogP contribution in [0.4, 0.5) is 0 Å². The number of aromatic nitrogens is 3. The first kappa shape index (κ1) is 19.9. The maximum absolute atomic E-state index is 4.53. The second kappa shape index (κ2) is 8.17. The number of thiophene rings is 1. The molecule has 0 N–H and O–H groups in total. The molecule has 4 rings (SSSR count). The molecule has 0 radical (unpaired) electrons. The molecular formula is C24H25N3S2. The maximum atomic E-state index is 4.53. The number of nitrogens with zero attached hydrogens (tertiary/aromatic N) is 3. The predicted octanol–water partition coefficient (Wildman–Crippen LogP) is 6.89. The van der Waals surface area contributed by atoms with Gasteiger partial charge in [0.25, 0.3) is 0 Å². The van der Waals surface area contributed by atoms with Gasteiger partial charge in [-0.1, -0.05) is 80.6 Å². The molecular weight excluding hydrogens is 394 g/mol.